The highest BCUT2D eigenvalue weighted by atomic mass is 16.5. The molecule has 1 saturated carbocycles. The van der Waals surface area contributed by atoms with E-state index in [1.165, 1.54) is 11.1 Å². The van der Waals surface area contributed by atoms with Crippen LogP contribution in [0, 0.1) is 0 Å². The Morgan fingerprint density at radius 2 is 1.30 bits per heavy atom. The summed E-state index contributed by atoms with van der Waals surface area (Å²) in [4.78, 5) is 2.13. The summed E-state index contributed by atoms with van der Waals surface area (Å²) in [7, 11) is 4.11. The smallest absolute Gasteiger partial charge is 0.120 e. The van der Waals surface area contributed by atoms with E-state index in [4.69, 9.17) is 4.74 Å². The predicted octanol–water partition coefficient (Wildman–Crippen LogP) is 6.34. The van der Waals surface area contributed by atoms with Gasteiger partial charge in [0.05, 0.1) is 5.60 Å². The third-order valence-corrected chi connectivity index (χ3v) is 6.76. The first-order valence-corrected chi connectivity index (χ1v) is 12.0. The standard InChI is InChI=1S/C30H37NO2/c1-29(2,22-31(3)4)33-28-17-15-27(16-18-28)30(32)20-25(23-11-7-5-8-12-23)19-26(21-30)24-13-9-6-10-14-24/h5-18,25-26,32H,19-22H2,1-4H3. The summed E-state index contributed by atoms with van der Waals surface area (Å²) < 4.78 is 6.25. The summed E-state index contributed by atoms with van der Waals surface area (Å²) in [5.41, 5.74) is 2.42. The Hall–Kier alpha value is -2.62. The number of benzene rings is 3. The minimum Gasteiger partial charge on any atom is -0.487 e. The molecule has 0 heterocycles. The second kappa shape index (κ2) is 9.70. The SMILES string of the molecule is CN(C)CC(C)(C)Oc1ccc(C2(O)CC(c3ccccc3)CC(c3ccccc3)C2)cc1. The molecule has 0 radical (unpaired) electrons. The van der Waals surface area contributed by atoms with Gasteiger partial charge in [-0.1, -0.05) is 72.8 Å². The van der Waals surface area contributed by atoms with Gasteiger partial charge in [-0.2, -0.15) is 0 Å². The fraction of sp³-hybridized carbons (Fsp3) is 0.400. The lowest BCUT2D eigenvalue weighted by Crippen LogP contribution is -2.39. The average Bonchev–Trinajstić information content (AvgIpc) is 2.79. The topological polar surface area (TPSA) is 32.7 Å². The van der Waals surface area contributed by atoms with E-state index in [0.29, 0.717) is 11.8 Å². The van der Waals surface area contributed by atoms with Gasteiger partial charge in [0.25, 0.3) is 0 Å². The van der Waals surface area contributed by atoms with Gasteiger partial charge < -0.3 is 14.7 Å². The van der Waals surface area contributed by atoms with Crippen molar-refractivity contribution in [3.8, 4) is 5.75 Å². The molecule has 0 spiro atoms. The van der Waals surface area contributed by atoms with Gasteiger partial charge in [0.1, 0.15) is 11.4 Å². The van der Waals surface area contributed by atoms with Crippen molar-refractivity contribution < 1.29 is 9.84 Å². The highest BCUT2D eigenvalue weighted by molar-refractivity contribution is 5.35. The molecule has 3 aromatic rings. The molecule has 3 heteroatoms. The third-order valence-electron chi connectivity index (χ3n) is 6.76. The van der Waals surface area contributed by atoms with Crippen LogP contribution in [-0.2, 0) is 5.60 Å². The van der Waals surface area contributed by atoms with Crippen molar-refractivity contribution in [1.82, 2.24) is 4.90 Å². The van der Waals surface area contributed by atoms with Gasteiger partial charge in [-0.3, -0.25) is 0 Å². The Morgan fingerprint density at radius 1 is 0.818 bits per heavy atom. The molecule has 1 aliphatic carbocycles. The van der Waals surface area contributed by atoms with Crippen LogP contribution in [0.5, 0.6) is 5.75 Å². The third kappa shape index (κ3) is 5.85. The van der Waals surface area contributed by atoms with Gasteiger partial charge in [0.2, 0.25) is 0 Å². The van der Waals surface area contributed by atoms with Crippen LogP contribution in [0.2, 0.25) is 0 Å². The molecule has 1 fully saturated rings. The molecule has 3 aromatic carbocycles. The summed E-state index contributed by atoms with van der Waals surface area (Å²) >= 11 is 0. The molecule has 174 valence electrons. The summed E-state index contributed by atoms with van der Waals surface area (Å²) in [6.45, 7) is 5.03. The highest BCUT2D eigenvalue weighted by Crippen LogP contribution is 2.50. The molecule has 33 heavy (non-hydrogen) atoms. The van der Waals surface area contributed by atoms with E-state index in [0.717, 1.165) is 37.1 Å². The average molecular weight is 444 g/mol. The molecule has 0 aromatic heterocycles. The molecular formula is C30H37NO2. The van der Waals surface area contributed by atoms with E-state index in [2.05, 4.69) is 106 Å². The largest absolute Gasteiger partial charge is 0.487 e. The number of likely N-dealkylation sites (N-methyl/N-ethyl adjacent to an activating group) is 1. The molecule has 3 nitrogen and oxygen atoms in total. The number of ether oxygens (including phenoxy) is 1. The number of aliphatic hydroxyl groups is 1. The van der Waals surface area contributed by atoms with Crippen molar-refractivity contribution in [3.63, 3.8) is 0 Å². The van der Waals surface area contributed by atoms with Gasteiger partial charge in [0.15, 0.2) is 0 Å². The zero-order valence-corrected chi connectivity index (χ0v) is 20.4. The molecule has 0 amide bonds. The van der Waals surface area contributed by atoms with E-state index in [1.807, 2.05) is 12.1 Å². The van der Waals surface area contributed by atoms with Crippen molar-refractivity contribution in [2.24, 2.45) is 0 Å². The molecule has 1 N–H and O–H groups in total. The molecule has 2 unspecified atom stereocenters. The summed E-state index contributed by atoms with van der Waals surface area (Å²) in [5, 5.41) is 12.0. The van der Waals surface area contributed by atoms with Crippen LogP contribution in [0.1, 0.15) is 61.6 Å². The van der Waals surface area contributed by atoms with Crippen LogP contribution >= 0.6 is 0 Å². The van der Waals surface area contributed by atoms with Crippen molar-refractivity contribution >= 4 is 0 Å². The van der Waals surface area contributed by atoms with Crippen molar-refractivity contribution in [3.05, 3.63) is 102 Å². The maximum Gasteiger partial charge on any atom is 0.120 e. The van der Waals surface area contributed by atoms with E-state index in [-0.39, 0.29) is 5.60 Å². The lowest BCUT2D eigenvalue weighted by Gasteiger charge is -2.42. The quantitative estimate of drug-likeness (QED) is 0.462. The minimum absolute atomic E-state index is 0.288. The first-order chi connectivity index (χ1) is 15.7. The second-order valence-corrected chi connectivity index (χ2v) is 10.5. The van der Waals surface area contributed by atoms with Gasteiger partial charge in [-0.05, 0) is 87.9 Å². The first-order valence-electron chi connectivity index (χ1n) is 12.0. The Morgan fingerprint density at radius 3 is 1.76 bits per heavy atom. The minimum atomic E-state index is -0.878. The monoisotopic (exact) mass is 443 g/mol. The molecule has 0 saturated heterocycles. The van der Waals surface area contributed by atoms with E-state index in [1.54, 1.807) is 0 Å². The Bertz CT molecular complexity index is 965. The number of hydrogen-bond donors (Lipinski definition) is 1. The summed E-state index contributed by atoms with van der Waals surface area (Å²) in [6, 6.07) is 29.4. The van der Waals surface area contributed by atoms with Crippen LogP contribution in [0.4, 0.5) is 0 Å². The zero-order chi connectivity index (χ0) is 23.5. The number of nitrogens with zero attached hydrogens (tertiary/aromatic N) is 1. The first kappa shape index (κ1) is 23.5. The molecule has 1 aliphatic rings. The molecule has 0 bridgehead atoms. The Balaban J connectivity index is 1.60. The zero-order valence-electron chi connectivity index (χ0n) is 20.4. The number of rotatable bonds is 7. The Kier molecular flexibility index (Phi) is 6.92. The second-order valence-electron chi connectivity index (χ2n) is 10.5. The molecule has 2 atom stereocenters. The van der Waals surface area contributed by atoms with Crippen molar-refractivity contribution in [2.45, 2.75) is 56.1 Å². The van der Waals surface area contributed by atoms with Crippen LogP contribution in [0.25, 0.3) is 0 Å². The lowest BCUT2D eigenvalue weighted by atomic mass is 9.66. The molecular weight excluding hydrogens is 406 g/mol. The summed E-state index contributed by atoms with van der Waals surface area (Å²) in [6.07, 6.45) is 2.51. The van der Waals surface area contributed by atoms with Crippen molar-refractivity contribution in [1.29, 1.82) is 0 Å². The van der Waals surface area contributed by atoms with Gasteiger partial charge in [-0.25, -0.2) is 0 Å². The van der Waals surface area contributed by atoms with E-state index >= 15 is 0 Å². The lowest BCUT2D eigenvalue weighted by molar-refractivity contribution is -0.0165. The predicted molar refractivity (Wildman–Crippen MR) is 136 cm³/mol. The molecule has 4 rings (SSSR count). The summed E-state index contributed by atoms with van der Waals surface area (Å²) in [5.74, 6) is 1.46. The number of hydrogen-bond acceptors (Lipinski definition) is 3. The van der Waals surface area contributed by atoms with E-state index in [9.17, 15) is 5.11 Å². The van der Waals surface area contributed by atoms with Crippen LogP contribution in [-0.4, -0.2) is 36.2 Å². The van der Waals surface area contributed by atoms with Crippen molar-refractivity contribution in [2.75, 3.05) is 20.6 Å². The maximum absolute atomic E-state index is 12.0. The van der Waals surface area contributed by atoms with E-state index < -0.39 is 5.60 Å². The normalized spacial score (nSPS) is 23.5. The maximum atomic E-state index is 12.0. The Labute approximate surface area is 199 Å². The molecule has 0 aliphatic heterocycles. The van der Waals surface area contributed by atoms with Gasteiger partial charge in [-0.15, -0.1) is 0 Å². The fourth-order valence-corrected chi connectivity index (χ4v) is 5.55. The van der Waals surface area contributed by atoms with Gasteiger partial charge >= 0.3 is 0 Å². The fourth-order valence-electron chi connectivity index (χ4n) is 5.55. The van der Waals surface area contributed by atoms with Crippen LogP contribution in [0.3, 0.4) is 0 Å². The van der Waals surface area contributed by atoms with Crippen LogP contribution < -0.4 is 4.74 Å². The van der Waals surface area contributed by atoms with Crippen LogP contribution in [0.15, 0.2) is 84.9 Å². The van der Waals surface area contributed by atoms with Gasteiger partial charge in [0, 0.05) is 6.54 Å². The highest BCUT2D eigenvalue weighted by Gasteiger charge is 2.41.